The predicted molar refractivity (Wildman–Crippen MR) is 113 cm³/mol. The normalized spacial score (nSPS) is 17.4. The molecule has 4 nitrogen and oxygen atoms in total. The van der Waals surface area contributed by atoms with Crippen molar-refractivity contribution in [3.8, 4) is 11.3 Å². The van der Waals surface area contributed by atoms with Crippen molar-refractivity contribution >= 4 is 29.2 Å². The van der Waals surface area contributed by atoms with E-state index in [4.69, 9.17) is 10.1 Å². The molecule has 0 saturated heterocycles. The summed E-state index contributed by atoms with van der Waals surface area (Å²) in [5.74, 6) is 1.98. The smallest absolute Gasteiger partial charge is 0.197 e. The van der Waals surface area contributed by atoms with E-state index >= 15 is 0 Å². The van der Waals surface area contributed by atoms with Crippen LogP contribution in [0.15, 0.2) is 34.6 Å². The lowest BCUT2D eigenvalue weighted by Crippen LogP contribution is -2.31. The van der Waals surface area contributed by atoms with Gasteiger partial charge in [0.25, 0.3) is 0 Å². The highest BCUT2D eigenvalue weighted by Gasteiger charge is 2.44. The van der Waals surface area contributed by atoms with Crippen molar-refractivity contribution in [2.45, 2.75) is 61.7 Å². The molecule has 2 aliphatic rings. The molecule has 5 rings (SSSR count). The lowest BCUT2D eigenvalue weighted by atomic mass is 9.68. The summed E-state index contributed by atoms with van der Waals surface area (Å²) >= 11 is 3.54. The van der Waals surface area contributed by atoms with Gasteiger partial charge in [-0.15, -0.1) is 10.2 Å². The SMILES string of the molecule is CCSc1nnc2c3c(nc(SCC)n12)-c1ccccc1CC31CCCC1. The third kappa shape index (κ3) is 2.64. The first-order valence-electron chi connectivity index (χ1n) is 9.91. The number of fused-ring (bicyclic) bond motifs is 6. The molecule has 1 aromatic carbocycles. The minimum absolute atomic E-state index is 0.175. The van der Waals surface area contributed by atoms with E-state index in [0.29, 0.717) is 0 Å². The zero-order valence-electron chi connectivity index (χ0n) is 15.9. The van der Waals surface area contributed by atoms with E-state index < -0.39 is 0 Å². The van der Waals surface area contributed by atoms with Crippen LogP contribution in [0, 0.1) is 0 Å². The Balaban J connectivity index is 1.87. The zero-order valence-corrected chi connectivity index (χ0v) is 17.5. The Hall–Kier alpha value is -1.53. The van der Waals surface area contributed by atoms with Gasteiger partial charge in [0.15, 0.2) is 16.0 Å². The maximum atomic E-state index is 5.24. The van der Waals surface area contributed by atoms with Crippen LogP contribution in [0.3, 0.4) is 0 Å². The maximum Gasteiger partial charge on any atom is 0.197 e. The van der Waals surface area contributed by atoms with Gasteiger partial charge in [-0.2, -0.15) is 0 Å². The van der Waals surface area contributed by atoms with Gasteiger partial charge in [0.05, 0.1) is 5.69 Å². The van der Waals surface area contributed by atoms with Crippen LogP contribution < -0.4 is 0 Å². The summed E-state index contributed by atoms with van der Waals surface area (Å²) < 4.78 is 2.23. The van der Waals surface area contributed by atoms with Gasteiger partial charge in [-0.05, 0) is 36.3 Å². The first-order chi connectivity index (χ1) is 13.3. The van der Waals surface area contributed by atoms with Crippen molar-refractivity contribution < 1.29 is 0 Å². The summed E-state index contributed by atoms with van der Waals surface area (Å²) in [7, 11) is 0. The van der Waals surface area contributed by atoms with Crippen molar-refractivity contribution in [3.05, 3.63) is 35.4 Å². The molecule has 0 radical (unpaired) electrons. The summed E-state index contributed by atoms with van der Waals surface area (Å²) in [5, 5.41) is 11.3. The van der Waals surface area contributed by atoms with E-state index in [2.05, 4.69) is 47.6 Å². The second-order valence-electron chi connectivity index (χ2n) is 7.45. The van der Waals surface area contributed by atoms with Crippen LogP contribution in [0.25, 0.3) is 16.9 Å². The molecule has 0 amide bonds. The minimum Gasteiger partial charge on any atom is -0.248 e. The van der Waals surface area contributed by atoms with Crippen LogP contribution in [0.4, 0.5) is 0 Å². The molecule has 1 saturated carbocycles. The summed E-state index contributed by atoms with van der Waals surface area (Å²) in [6.45, 7) is 4.35. The molecule has 0 aliphatic heterocycles. The Morgan fingerprint density at radius 2 is 1.74 bits per heavy atom. The quantitative estimate of drug-likeness (QED) is 0.437. The zero-order chi connectivity index (χ0) is 18.4. The van der Waals surface area contributed by atoms with Crippen LogP contribution in [0.5, 0.6) is 0 Å². The first-order valence-corrected chi connectivity index (χ1v) is 11.9. The van der Waals surface area contributed by atoms with Gasteiger partial charge in [-0.25, -0.2) is 9.38 Å². The molecule has 6 heteroatoms. The molecule has 0 unspecified atom stereocenters. The van der Waals surface area contributed by atoms with E-state index in [1.807, 2.05) is 0 Å². The molecule has 0 bridgehead atoms. The van der Waals surface area contributed by atoms with Gasteiger partial charge in [-0.3, -0.25) is 0 Å². The predicted octanol–water partition coefficient (Wildman–Crippen LogP) is 5.38. The molecular weight excluding hydrogens is 372 g/mol. The molecule has 3 aromatic rings. The third-order valence-corrected chi connectivity index (χ3v) is 7.56. The maximum absolute atomic E-state index is 5.24. The Kier molecular flexibility index (Phi) is 4.43. The van der Waals surface area contributed by atoms with Crippen LogP contribution in [-0.4, -0.2) is 31.1 Å². The molecule has 2 heterocycles. The van der Waals surface area contributed by atoms with E-state index in [-0.39, 0.29) is 5.41 Å². The van der Waals surface area contributed by atoms with Crippen LogP contribution in [0.2, 0.25) is 0 Å². The molecular formula is C21H24N4S2. The summed E-state index contributed by atoms with van der Waals surface area (Å²) in [4.78, 5) is 5.24. The molecule has 27 heavy (non-hydrogen) atoms. The lowest BCUT2D eigenvalue weighted by molar-refractivity contribution is 0.431. The van der Waals surface area contributed by atoms with Crippen molar-refractivity contribution in [3.63, 3.8) is 0 Å². The first kappa shape index (κ1) is 17.6. The topological polar surface area (TPSA) is 43.1 Å². The molecule has 140 valence electrons. The Morgan fingerprint density at radius 1 is 1.00 bits per heavy atom. The van der Waals surface area contributed by atoms with Crippen molar-refractivity contribution in [1.82, 2.24) is 19.6 Å². The molecule has 0 atom stereocenters. The average Bonchev–Trinajstić information content (AvgIpc) is 3.31. The summed E-state index contributed by atoms with van der Waals surface area (Å²) in [6.07, 6.45) is 6.16. The number of hydrogen-bond donors (Lipinski definition) is 0. The van der Waals surface area contributed by atoms with Crippen molar-refractivity contribution in [1.29, 1.82) is 0 Å². The van der Waals surface area contributed by atoms with Gasteiger partial charge in [0, 0.05) is 16.5 Å². The Bertz CT molecular complexity index is 1000. The number of aromatic nitrogens is 4. The Morgan fingerprint density at radius 3 is 2.52 bits per heavy atom. The highest BCUT2D eigenvalue weighted by Crippen LogP contribution is 2.52. The minimum atomic E-state index is 0.175. The van der Waals surface area contributed by atoms with E-state index in [9.17, 15) is 0 Å². The number of nitrogens with zero attached hydrogens (tertiary/aromatic N) is 4. The largest absolute Gasteiger partial charge is 0.248 e. The van der Waals surface area contributed by atoms with Crippen LogP contribution in [0.1, 0.15) is 50.7 Å². The van der Waals surface area contributed by atoms with Crippen LogP contribution in [-0.2, 0) is 11.8 Å². The fourth-order valence-corrected chi connectivity index (χ4v) is 6.31. The van der Waals surface area contributed by atoms with Gasteiger partial charge in [-0.1, -0.05) is 74.5 Å². The number of hydrogen-bond acceptors (Lipinski definition) is 5. The van der Waals surface area contributed by atoms with Gasteiger partial charge in [0.2, 0.25) is 0 Å². The summed E-state index contributed by atoms with van der Waals surface area (Å²) in [5.41, 5.74) is 6.46. The average molecular weight is 397 g/mol. The fraction of sp³-hybridized carbons (Fsp3) is 0.476. The van der Waals surface area contributed by atoms with E-state index in [1.165, 1.54) is 42.4 Å². The molecule has 1 fully saturated rings. The number of thioether (sulfide) groups is 2. The summed E-state index contributed by atoms with van der Waals surface area (Å²) in [6, 6.07) is 8.83. The van der Waals surface area contributed by atoms with E-state index in [1.54, 1.807) is 23.5 Å². The van der Waals surface area contributed by atoms with E-state index in [0.717, 1.165) is 39.6 Å². The van der Waals surface area contributed by atoms with Gasteiger partial charge < -0.3 is 0 Å². The number of rotatable bonds is 4. The molecule has 2 aromatic heterocycles. The second-order valence-corrected chi connectivity index (χ2v) is 9.91. The molecule has 0 N–H and O–H groups in total. The Labute approximate surface area is 168 Å². The monoisotopic (exact) mass is 396 g/mol. The lowest BCUT2D eigenvalue weighted by Gasteiger charge is -2.36. The number of benzene rings is 1. The van der Waals surface area contributed by atoms with Crippen molar-refractivity contribution in [2.75, 3.05) is 11.5 Å². The molecule has 1 spiro atoms. The highest BCUT2D eigenvalue weighted by atomic mass is 32.2. The fourth-order valence-electron chi connectivity index (χ4n) is 4.88. The van der Waals surface area contributed by atoms with Gasteiger partial charge >= 0.3 is 0 Å². The second kappa shape index (κ2) is 6.82. The highest BCUT2D eigenvalue weighted by molar-refractivity contribution is 7.99. The third-order valence-electron chi connectivity index (χ3n) is 5.93. The van der Waals surface area contributed by atoms with Crippen LogP contribution >= 0.6 is 23.5 Å². The molecule has 2 aliphatic carbocycles. The van der Waals surface area contributed by atoms with Crippen molar-refractivity contribution in [2.24, 2.45) is 0 Å². The van der Waals surface area contributed by atoms with Gasteiger partial charge in [0.1, 0.15) is 0 Å². The standard InChI is InChI=1S/C21H24N4S2/c1-3-26-19-22-17-15-10-6-5-9-14(15)13-21(11-7-8-12-21)16(17)18-23-24-20(25(18)19)27-4-2/h5-6,9-10H,3-4,7-8,11-13H2,1-2H3.